The van der Waals surface area contributed by atoms with Crippen molar-refractivity contribution >= 4 is 34.9 Å². The summed E-state index contributed by atoms with van der Waals surface area (Å²) in [4.78, 5) is 13.8. The number of rotatable bonds is 1. The van der Waals surface area contributed by atoms with E-state index in [0.29, 0.717) is 11.6 Å². The molecule has 3 nitrogen and oxygen atoms in total. The number of urea groups is 1. The van der Waals surface area contributed by atoms with Crippen molar-refractivity contribution in [3.63, 3.8) is 0 Å². The number of amides is 2. The zero-order chi connectivity index (χ0) is 14.0. The third-order valence-corrected chi connectivity index (χ3v) is 3.86. The summed E-state index contributed by atoms with van der Waals surface area (Å²) in [5, 5.41) is 2.48. The van der Waals surface area contributed by atoms with Gasteiger partial charge in [-0.2, -0.15) is 0 Å². The molecule has 0 spiro atoms. The first kappa shape index (κ1) is 14.4. The van der Waals surface area contributed by atoms with Gasteiger partial charge in [0, 0.05) is 18.8 Å². The van der Waals surface area contributed by atoms with Crippen LogP contribution in [0.1, 0.15) is 19.8 Å². The van der Waals surface area contributed by atoms with E-state index in [0.717, 1.165) is 25.9 Å². The van der Waals surface area contributed by atoms with Gasteiger partial charge in [0.15, 0.2) is 5.82 Å². The number of hydrogen-bond acceptors (Lipinski definition) is 1. The zero-order valence-corrected chi connectivity index (χ0v) is 12.1. The fraction of sp³-hybridized carbons (Fsp3) is 0.462. The summed E-state index contributed by atoms with van der Waals surface area (Å²) in [5.74, 6) is -0.0214. The Kier molecular flexibility index (Phi) is 4.53. The van der Waals surface area contributed by atoms with E-state index in [2.05, 4.69) is 12.2 Å². The minimum atomic E-state index is -0.673. The lowest BCUT2D eigenvalue weighted by Gasteiger charge is -2.30. The molecule has 1 aromatic rings. The van der Waals surface area contributed by atoms with Crippen molar-refractivity contribution in [3.8, 4) is 0 Å². The van der Waals surface area contributed by atoms with Crippen molar-refractivity contribution in [2.45, 2.75) is 19.8 Å². The Balaban J connectivity index is 2.03. The second-order valence-corrected chi connectivity index (χ2v) is 5.67. The first-order valence-corrected chi connectivity index (χ1v) is 6.93. The van der Waals surface area contributed by atoms with Crippen molar-refractivity contribution in [3.05, 3.63) is 28.0 Å². The van der Waals surface area contributed by atoms with Crippen LogP contribution in [-0.4, -0.2) is 24.0 Å². The van der Waals surface area contributed by atoms with Crippen LogP contribution in [0, 0.1) is 11.7 Å². The van der Waals surface area contributed by atoms with Crippen molar-refractivity contribution in [1.82, 2.24) is 4.90 Å². The molecule has 104 valence electrons. The molecule has 1 saturated heterocycles. The van der Waals surface area contributed by atoms with Gasteiger partial charge in [-0.3, -0.25) is 0 Å². The molecule has 19 heavy (non-hydrogen) atoms. The van der Waals surface area contributed by atoms with Crippen LogP contribution in [0.3, 0.4) is 0 Å². The molecular weight excluding hydrogens is 290 g/mol. The van der Waals surface area contributed by atoms with E-state index in [4.69, 9.17) is 23.2 Å². The molecule has 0 aromatic heterocycles. The van der Waals surface area contributed by atoms with Gasteiger partial charge in [-0.1, -0.05) is 30.1 Å². The molecule has 1 N–H and O–H groups in total. The maximum Gasteiger partial charge on any atom is 0.321 e. The Bertz CT molecular complexity index is 465. The zero-order valence-electron chi connectivity index (χ0n) is 10.5. The molecule has 0 atom stereocenters. The van der Waals surface area contributed by atoms with Gasteiger partial charge in [-0.25, -0.2) is 9.18 Å². The van der Waals surface area contributed by atoms with Crippen molar-refractivity contribution < 1.29 is 9.18 Å². The number of carbonyl (C=O) groups excluding carboxylic acids is 1. The van der Waals surface area contributed by atoms with E-state index >= 15 is 0 Å². The molecule has 2 amide bonds. The fourth-order valence-electron chi connectivity index (χ4n) is 2.04. The maximum atomic E-state index is 13.3. The Hall–Kier alpha value is -1.00. The first-order valence-electron chi connectivity index (χ1n) is 6.18. The summed E-state index contributed by atoms with van der Waals surface area (Å²) in [6, 6.07) is 2.51. The summed E-state index contributed by atoms with van der Waals surface area (Å²) >= 11 is 11.4. The van der Waals surface area contributed by atoms with Gasteiger partial charge in [0.1, 0.15) is 0 Å². The Labute approximate surface area is 121 Å². The molecule has 0 saturated carbocycles. The third-order valence-electron chi connectivity index (χ3n) is 3.31. The van der Waals surface area contributed by atoms with Crippen molar-refractivity contribution in [1.29, 1.82) is 0 Å². The topological polar surface area (TPSA) is 32.3 Å². The van der Waals surface area contributed by atoms with Crippen LogP contribution < -0.4 is 5.32 Å². The molecule has 1 aliphatic heterocycles. The molecule has 6 heteroatoms. The summed E-state index contributed by atoms with van der Waals surface area (Å²) in [6.07, 6.45) is 2.00. The highest BCUT2D eigenvalue weighted by atomic mass is 35.5. The third kappa shape index (κ3) is 3.51. The average Bonchev–Trinajstić information content (AvgIpc) is 2.36. The van der Waals surface area contributed by atoms with Crippen LogP contribution in [-0.2, 0) is 0 Å². The van der Waals surface area contributed by atoms with Gasteiger partial charge >= 0.3 is 6.03 Å². The molecule has 1 heterocycles. The van der Waals surface area contributed by atoms with Crippen LogP contribution >= 0.6 is 23.2 Å². The Morgan fingerprint density at radius 1 is 1.32 bits per heavy atom. The van der Waals surface area contributed by atoms with Gasteiger partial charge in [-0.05, 0) is 30.9 Å². The number of halogens is 3. The highest BCUT2D eigenvalue weighted by Gasteiger charge is 2.20. The molecule has 0 bridgehead atoms. The SMILES string of the molecule is CC1CCN(C(=O)Nc2cc(Cl)c(F)c(Cl)c2)CC1. The van der Waals surface area contributed by atoms with E-state index in [1.807, 2.05) is 0 Å². The number of nitrogens with one attached hydrogen (secondary N) is 1. The smallest absolute Gasteiger partial charge is 0.321 e. The highest BCUT2D eigenvalue weighted by Crippen LogP contribution is 2.27. The number of hydrogen-bond donors (Lipinski definition) is 1. The Morgan fingerprint density at radius 3 is 2.37 bits per heavy atom. The van der Waals surface area contributed by atoms with E-state index in [-0.39, 0.29) is 16.1 Å². The predicted molar refractivity (Wildman–Crippen MR) is 75.4 cm³/mol. The first-order chi connectivity index (χ1) is 8.97. The number of benzene rings is 1. The van der Waals surface area contributed by atoms with Crippen LogP contribution in [0.4, 0.5) is 14.9 Å². The van der Waals surface area contributed by atoms with Crippen molar-refractivity contribution in [2.24, 2.45) is 5.92 Å². The van der Waals surface area contributed by atoms with E-state index < -0.39 is 5.82 Å². The lowest BCUT2D eigenvalue weighted by Crippen LogP contribution is -2.40. The molecule has 0 unspecified atom stereocenters. The lowest BCUT2D eigenvalue weighted by atomic mass is 10.00. The molecule has 1 aliphatic rings. The standard InChI is InChI=1S/C13H15Cl2FN2O/c1-8-2-4-18(5-3-8)13(19)17-9-6-10(14)12(16)11(15)7-9/h6-8H,2-5H2,1H3,(H,17,19). The molecule has 0 aliphatic carbocycles. The van der Waals surface area contributed by atoms with Crippen molar-refractivity contribution in [2.75, 3.05) is 18.4 Å². The normalized spacial score (nSPS) is 16.5. The van der Waals surface area contributed by atoms with Crippen LogP contribution in [0.2, 0.25) is 10.0 Å². The lowest BCUT2D eigenvalue weighted by molar-refractivity contribution is 0.186. The average molecular weight is 305 g/mol. The summed E-state index contributed by atoms with van der Waals surface area (Å²) < 4.78 is 13.3. The second-order valence-electron chi connectivity index (χ2n) is 4.85. The monoisotopic (exact) mass is 304 g/mol. The van der Waals surface area contributed by atoms with Gasteiger partial charge in [0.25, 0.3) is 0 Å². The van der Waals surface area contributed by atoms with Crippen LogP contribution in [0.25, 0.3) is 0 Å². The molecule has 2 rings (SSSR count). The van der Waals surface area contributed by atoms with Crippen LogP contribution in [0.15, 0.2) is 12.1 Å². The van der Waals surface area contributed by atoms with Crippen LogP contribution in [0.5, 0.6) is 0 Å². The van der Waals surface area contributed by atoms with E-state index in [1.54, 1.807) is 4.90 Å². The highest BCUT2D eigenvalue weighted by molar-refractivity contribution is 6.35. The Morgan fingerprint density at radius 2 is 1.84 bits per heavy atom. The van der Waals surface area contributed by atoms with E-state index in [1.165, 1.54) is 12.1 Å². The maximum absolute atomic E-state index is 13.3. The predicted octanol–water partition coefficient (Wildman–Crippen LogP) is 4.40. The molecule has 1 fully saturated rings. The number of carbonyl (C=O) groups is 1. The second kappa shape index (κ2) is 5.97. The van der Waals surface area contributed by atoms with Gasteiger partial charge in [-0.15, -0.1) is 0 Å². The minimum Gasteiger partial charge on any atom is -0.325 e. The van der Waals surface area contributed by atoms with Gasteiger partial charge in [0.2, 0.25) is 0 Å². The number of likely N-dealkylation sites (tertiary alicyclic amines) is 1. The van der Waals surface area contributed by atoms with Gasteiger partial charge < -0.3 is 10.2 Å². The summed E-state index contributed by atoms with van der Waals surface area (Å²) in [5.41, 5.74) is 0.403. The number of anilines is 1. The quantitative estimate of drug-likeness (QED) is 0.766. The molecular formula is C13H15Cl2FN2O. The number of piperidine rings is 1. The summed E-state index contributed by atoms with van der Waals surface area (Å²) in [7, 11) is 0. The van der Waals surface area contributed by atoms with E-state index in [9.17, 15) is 9.18 Å². The number of nitrogens with zero attached hydrogens (tertiary/aromatic N) is 1. The fourth-order valence-corrected chi connectivity index (χ4v) is 2.53. The largest absolute Gasteiger partial charge is 0.325 e. The molecule has 0 radical (unpaired) electrons. The summed E-state index contributed by atoms with van der Waals surface area (Å²) in [6.45, 7) is 3.64. The van der Waals surface area contributed by atoms with Gasteiger partial charge in [0.05, 0.1) is 10.0 Å². The minimum absolute atomic E-state index is 0.102. The molecule has 1 aromatic carbocycles.